The van der Waals surface area contributed by atoms with E-state index in [-0.39, 0.29) is 0 Å². The third-order valence-corrected chi connectivity index (χ3v) is 22.1. The maximum atomic E-state index is 4.68. The zero-order chi connectivity index (χ0) is 16.4. The molecule has 0 saturated carbocycles. The van der Waals surface area contributed by atoms with Gasteiger partial charge in [0.05, 0.1) is 0 Å². The van der Waals surface area contributed by atoms with Gasteiger partial charge in [0, 0.05) is 0 Å². The molecule has 1 rings (SSSR count). The van der Waals surface area contributed by atoms with Crippen LogP contribution in [-0.4, -0.2) is 23.4 Å². The second-order valence-electron chi connectivity index (χ2n) is 6.71. The van der Waals surface area contributed by atoms with Crippen molar-refractivity contribution in [1.29, 1.82) is 0 Å². The van der Waals surface area contributed by atoms with Crippen LogP contribution in [0.1, 0.15) is 76.9 Å². The van der Waals surface area contributed by atoms with Crippen LogP contribution in [0.5, 0.6) is 0 Å². The Labute approximate surface area is 146 Å². The average molecular weight is 428 g/mol. The number of nitrogens with zero attached hydrogens (tertiary/aromatic N) is 1. The summed E-state index contributed by atoms with van der Waals surface area (Å²) in [6.45, 7) is 11.6. The molecule has 0 radical (unpaired) electrons. The summed E-state index contributed by atoms with van der Waals surface area (Å²) in [5.41, 5.74) is 1.21. The topological polar surface area (TPSA) is 12.9 Å². The molecule has 1 heterocycles. The quantitative estimate of drug-likeness (QED) is 0.339. The Morgan fingerprint density at radius 3 is 1.91 bits per heavy atom. The van der Waals surface area contributed by atoms with E-state index in [1.807, 2.05) is 0 Å². The summed E-state index contributed by atoms with van der Waals surface area (Å²) in [6, 6.07) is 0. The number of hydrogen-bond donors (Lipinski definition) is 0. The molecule has 1 nitrogen and oxygen atoms in total. The predicted molar refractivity (Wildman–Crippen MR) is 105 cm³/mol. The zero-order valence-corrected chi connectivity index (χ0v) is 19.0. The van der Waals surface area contributed by atoms with Gasteiger partial charge in [0.2, 0.25) is 0 Å². The van der Waals surface area contributed by atoms with E-state index in [0.29, 0.717) is 0 Å². The fourth-order valence-corrected chi connectivity index (χ4v) is 19.5. The van der Waals surface area contributed by atoms with Crippen LogP contribution in [0, 0.1) is 6.92 Å². The molecule has 3 heteroatoms. The molecule has 0 spiro atoms. The molecule has 1 aromatic heterocycles. The van der Waals surface area contributed by atoms with Crippen molar-refractivity contribution in [2.45, 2.75) is 86.5 Å². The third-order valence-electron chi connectivity index (χ3n) is 4.86. The van der Waals surface area contributed by atoms with Gasteiger partial charge in [-0.2, -0.15) is 0 Å². The van der Waals surface area contributed by atoms with E-state index in [1.165, 1.54) is 49.2 Å². The summed E-state index contributed by atoms with van der Waals surface area (Å²) < 4.78 is 6.43. The van der Waals surface area contributed by atoms with E-state index in [0.717, 1.165) is 0 Å². The molecule has 0 unspecified atom stereocenters. The third kappa shape index (κ3) is 6.35. The van der Waals surface area contributed by atoms with Crippen LogP contribution < -0.4 is 0 Å². The molecule has 0 amide bonds. The van der Waals surface area contributed by atoms with E-state index in [9.17, 15) is 0 Å². The predicted octanol–water partition coefficient (Wildman–Crippen LogP) is 7.24. The minimum absolute atomic E-state index is 1.19. The summed E-state index contributed by atoms with van der Waals surface area (Å²) in [7, 11) is 0. The van der Waals surface area contributed by atoms with Gasteiger partial charge in [-0.1, -0.05) is 0 Å². The molecular weight excluding hydrogens is 393 g/mol. The van der Waals surface area contributed by atoms with Crippen LogP contribution in [0.3, 0.4) is 0 Å². The molecule has 0 aliphatic carbocycles. The molecule has 22 heavy (non-hydrogen) atoms. The van der Waals surface area contributed by atoms with Crippen LogP contribution in [0.4, 0.5) is 0 Å². The second kappa shape index (κ2) is 10.9. The molecule has 0 aliphatic rings. The van der Waals surface area contributed by atoms with Gasteiger partial charge in [-0.3, -0.25) is 0 Å². The molecular formula is C19H35NSSn. The van der Waals surface area contributed by atoms with Gasteiger partial charge in [0.1, 0.15) is 0 Å². The van der Waals surface area contributed by atoms with Crippen LogP contribution >= 0.6 is 11.3 Å². The molecule has 0 N–H and O–H groups in total. The van der Waals surface area contributed by atoms with Crippen LogP contribution in [0.15, 0.2) is 8.97 Å². The van der Waals surface area contributed by atoms with Crippen molar-refractivity contribution < 1.29 is 0 Å². The molecule has 0 atom stereocenters. The Bertz CT molecular complexity index is 428. The van der Waals surface area contributed by atoms with Gasteiger partial charge in [-0.15, -0.1) is 0 Å². The van der Waals surface area contributed by atoms with Crippen molar-refractivity contribution >= 4 is 35.8 Å². The van der Waals surface area contributed by atoms with E-state index in [1.54, 1.807) is 28.2 Å². The number of rotatable bonds is 11. The average Bonchev–Trinajstić information content (AvgIpc) is 2.92. The standard InChI is InChI=1S/C7H8NS.3C4H9.Sn/c1-3-4-7-5-9-6(2)8-7;3*1-3-4-2;/h4-5H,1-2H3;3*1,3-4H2,2H3;. The van der Waals surface area contributed by atoms with E-state index in [4.69, 9.17) is 0 Å². The Balaban J connectivity index is 3.03. The molecule has 0 aliphatic heterocycles. The fourth-order valence-electron chi connectivity index (χ4n) is 3.33. The van der Waals surface area contributed by atoms with E-state index < -0.39 is 18.4 Å². The summed E-state index contributed by atoms with van der Waals surface area (Å²) in [4.78, 5) is 4.68. The molecule has 0 fully saturated rings. The van der Waals surface area contributed by atoms with Crippen molar-refractivity contribution in [2.75, 3.05) is 0 Å². The molecule has 0 bridgehead atoms. The number of aromatic nitrogens is 1. The van der Waals surface area contributed by atoms with Crippen LogP contribution in [-0.2, 0) is 0 Å². The number of thiazole rings is 1. The maximum absolute atomic E-state index is 4.68. The summed E-state index contributed by atoms with van der Waals surface area (Å²) >= 11 is -0.408. The first-order valence-electron chi connectivity index (χ1n) is 9.19. The van der Waals surface area contributed by atoms with Crippen molar-refractivity contribution in [3.63, 3.8) is 0 Å². The van der Waals surface area contributed by atoms with Crippen LogP contribution in [0.25, 0.3) is 6.08 Å². The minimum atomic E-state index is -2.19. The summed E-state index contributed by atoms with van der Waals surface area (Å²) in [5, 5.41) is 3.42. The van der Waals surface area contributed by atoms with Crippen molar-refractivity contribution in [1.82, 2.24) is 4.98 Å². The monoisotopic (exact) mass is 429 g/mol. The zero-order valence-electron chi connectivity index (χ0n) is 15.4. The summed E-state index contributed by atoms with van der Waals surface area (Å²) in [5.74, 6) is 0. The SMILES string of the molecule is CCC[CH2][Sn]([CH2]CCC)([CH2]CCC)/[C](C)=C/c1csc(C)n1. The molecule has 0 saturated heterocycles. The van der Waals surface area contributed by atoms with Crippen LogP contribution in [0.2, 0.25) is 13.3 Å². The Kier molecular flexibility index (Phi) is 9.97. The first-order chi connectivity index (χ1) is 10.6. The molecule has 1 aromatic rings. The van der Waals surface area contributed by atoms with Gasteiger partial charge >= 0.3 is 147 Å². The number of aryl methyl sites for hydroxylation is 1. The van der Waals surface area contributed by atoms with E-state index >= 15 is 0 Å². The van der Waals surface area contributed by atoms with Gasteiger partial charge in [0.25, 0.3) is 0 Å². The van der Waals surface area contributed by atoms with Crippen molar-refractivity contribution in [2.24, 2.45) is 0 Å². The summed E-state index contributed by atoms with van der Waals surface area (Å²) in [6.07, 6.45) is 10.8. The number of unbranched alkanes of at least 4 members (excludes halogenated alkanes) is 3. The second-order valence-corrected chi connectivity index (χ2v) is 21.6. The van der Waals surface area contributed by atoms with Crippen molar-refractivity contribution in [3.8, 4) is 0 Å². The first-order valence-corrected chi connectivity index (χ1v) is 17.5. The van der Waals surface area contributed by atoms with Gasteiger partial charge in [-0.25, -0.2) is 0 Å². The number of hydrogen-bond acceptors (Lipinski definition) is 2. The molecule has 0 aromatic carbocycles. The van der Waals surface area contributed by atoms with Gasteiger partial charge < -0.3 is 0 Å². The normalized spacial score (nSPS) is 12.9. The van der Waals surface area contributed by atoms with Gasteiger partial charge in [-0.05, 0) is 0 Å². The molecule has 126 valence electrons. The van der Waals surface area contributed by atoms with Gasteiger partial charge in [0.15, 0.2) is 0 Å². The Morgan fingerprint density at radius 1 is 1.05 bits per heavy atom. The Hall–Kier alpha value is 0.169. The number of allylic oxidation sites excluding steroid dienone is 1. The Morgan fingerprint density at radius 2 is 1.55 bits per heavy atom. The fraction of sp³-hybridized carbons (Fsp3) is 0.737. The van der Waals surface area contributed by atoms with E-state index in [2.05, 4.69) is 51.1 Å². The van der Waals surface area contributed by atoms with Crippen molar-refractivity contribution in [3.05, 3.63) is 19.7 Å². The first kappa shape index (κ1) is 20.2.